The lowest BCUT2D eigenvalue weighted by atomic mass is 9.90. The first-order chi connectivity index (χ1) is 15.1. The van der Waals surface area contributed by atoms with Crippen LogP contribution in [-0.2, 0) is 11.3 Å². The van der Waals surface area contributed by atoms with Crippen LogP contribution < -0.4 is 16.0 Å². The molecule has 1 unspecified atom stereocenters. The van der Waals surface area contributed by atoms with Gasteiger partial charge in [-0.3, -0.25) is 4.79 Å². The van der Waals surface area contributed by atoms with Crippen molar-refractivity contribution in [1.82, 2.24) is 20.4 Å². The fourth-order valence-corrected chi connectivity index (χ4v) is 3.72. The van der Waals surface area contributed by atoms with Gasteiger partial charge in [0.05, 0.1) is 18.4 Å². The molecule has 1 aliphatic heterocycles. The molecule has 4 rings (SSSR count). The Morgan fingerprint density at radius 1 is 1.23 bits per heavy atom. The second-order valence-corrected chi connectivity index (χ2v) is 7.82. The summed E-state index contributed by atoms with van der Waals surface area (Å²) in [6.45, 7) is 3.89. The van der Waals surface area contributed by atoms with Crippen molar-refractivity contribution >= 4 is 29.2 Å². The molecule has 0 saturated heterocycles. The molecular formula is C23H25ClN6O. The minimum Gasteiger partial charge on any atom is -0.357 e. The van der Waals surface area contributed by atoms with Gasteiger partial charge in [0.15, 0.2) is 5.96 Å². The number of rotatable bonds is 6. The monoisotopic (exact) mass is 436 g/mol. The molecule has 0 radical (unpaired) electrons. The van der Waals surface area contributed by atoms with E-state index in [2.05, 4.69) is 32.1 Å². The molecule has 1 atom stereocenters. The van der Waals surface area contributed by atoms with Crippen molar-refractivity contribution in [3.63, 3.8) is 0 Å². The maximum absolute atomic E-state index is 12.1. The Kier molecular flexibility index (Phi) is 6.52. The Morgan fingerprint density at radius 2 is 2.03 bits per heavy atom. The highest BCUT2D eigenvalue weighted by molar-refractivity contribution is 6.30. The molecule has 3 N–H and O–H groups in total. The molecule has 7 nitrogen and oxygen atoms in total. The highest BCUT2D eigenvalue weighted by Crippen LogP contribution is 2.31. The maximum atomic E-state index is 12.1. The number of carbonyl (C=O) groups is 1. The highest BCUT2D eigenvalue weighted by atomic mass is 35.5. The molecule has 0 bridgehead atoms. The number of carbonyl (C=O) groups excluding carboxylic acids is 1. The van der Waals surface area contributed by atoms with Gasteiger partial charge < -0.3 is 16.0 Å². The molecule has 160 valence electrons. The van der Waals surface area contributed by atoms with E-state index in [4.69, 9.17) is 11.6 Å². The number of benzene rings is 2. The summed E-state index contributed by atoms with van der Waals surface area (Å²) in [6, 6.07) is 15.5. The molecule has 1 amide bonds. The lowest BCUT2D eigenvalue weighted by molar-refractivity contribution is -0.116. The number of para-hydroxylation sites is 1. The third-order valence-corrected chi connectivity index (χ3v) is 5.37. The fourth-order valence-electron chi connectivity index (χ4n) is 3.59. The van der Waals surface area contributed by atoms with Crippen LogP contribution in [0.4, 0.5) is 5.69 Å². The van der Waals surface area contributed by atoms with Crippen molar-refractivity contribution in [2.24, 2.45) is 4.99 Å². The molecule has 1 aromatic heterocycles. The van der Waals surface area contributed by atoms with Gasteiger partial charge in [0.2, 0.25) is 5.91 Å². The van der Waals surface area contributed by atoms with E-state index >= 15 is 0 Å². The van der Waals surface area contributed by atoms with Gasteiger partial charge in [-0.2, -0.15) is 5.10 Å². The van der Waals surface area contributed by atoms with E-state index < -0.39 is 0 Å². The number of halogens is 1. The molecule has 1 aliphatic rings. The Balaban J connectivity index is 1.41. The summed E-state index contributed by atoms with van der Waals surface area (Å²) >= 11 is 5.96. The molecule has 31 heavy (non-hydrogen) atoms. The summed E-state index contributed by atoms with van der Waals surface area (Å²) in [5, 5.41) is 14.7. The lowest BCUT2D eigenvalue weighted by Gasteiger charge is -2.26. The molecule has 3 aromatic rings. The van der Waals surface area contributed by atoms with Crippen molar-refractivity contribution in [2.75, 3.05) is 18.4 Å². The number of nitrogens with zero attached hydrogens (tertiary/aromatic N) is 3. The fraction of sp³-hybridized carbons (Fsp3) is 0.261. The maximum Gasteiger partial charge on any atom is 0.225 e. The van der Waals surface area contributed by atoms with Crippen LogP contribution in [-0.4, -0.2) is 34.7 Å². The van der Waals surface area contributed by atoms with Gasteiger partial charge in [0.25, 0.3) is 0 Å². The number of guanidine groups is 1. The first-order valence-electron chi connectivity index (χ1n) is 10.3. The van der Waals surface area contributed by atoms with Gasteiger partial charge >= 0.3 is 0 Å². The summed E-state index contributed by atoms with van der Waals surface area (Å²) < 4.78 is 1.80. The molecule has 8 heteroatoms. The number of hydrogen-bond acceptors (Lipinski definition) is 3. The van der Waals surface area contributed by atoms with Crippen LogP contribution in [0.25, 0.3) is 5.69 Å². The summed E-state index contributed by atoms with van der Waals surface area (Å²) in [5.74, 6) is 0.855. The first kappa shape index (κ1) is 20.9. The van der Waals surface area contributed by atoms with Gasteiger partial charge in [-0.05, 0) is 42.8 Å². The number of amides is 1. The standard InChI is InChI=1S/C23H25ClN6O/c1-2-25-23(27-14-17-11-22(31)29-21-6-4-3-5-20(17)21)26-12-16-13-28-30(15-16)19-9-7-18(24)8-10-19/h3-10,13,15,17H,2,11-12,14H2,1H3,(H,29,31)(H2,25,26,27). The second-order valence-electron chi connectivity index (χ2n) is 7.38. The Morgan fingerprint density at radius 3 is 2.84 bits per heavy atom. The Bertz CT molecular complexity index is 1080. The number of aromatic nitrogens is 2. The van der Waals surface area contributed by atoms with Crippen LogP contribution in [0.3, 0.4) is 0 Å². The minimum absolute atomic E-state index is 0.0436. The average Bonchev–Trinajstić information content (AvgIpc) is 3.25. The van der Waals surface area contributed by atoms with E-state index in [9.17, 15) is 4.79 Å². The summed E-state index contributed by atoms with van der Waals surface area (Å²) in [7, 11) is 0. The Labute approximate surface area is 186 Å². The largest absolute Gasteiger partial charge is 0.357 e. The van der Waals surface area contributed by atoms with Gasteiger partial charge in [-0.15, -0.1) is 0 Å². The van der Waals surface area contributed by atoms with Crippen molar-refractivity contribution in [2.45, 2.75) is 25.8 Å². The lowest BCUT2D eigenvalue weighted by Crippen LogP contribution is -2.40. The topological polar surface area (TPSA) is 83.3 Å². The predicted molar refractivity (Wildman–Crippen MR) is 124 cm³/mol. The van der Waals surface area contributed by atoms with Gasteiger partial charge in [0, 0.05) is 47.9 Å². The van der Waals surface area contributed by atoms with Crippen molar-refractivity contribution in [3.8, 4) is 5.69 Å². The van der Waals surface area contributed by atoms with Gasteiger partial charge in [-0.25, -0.2) is 9.67 Å². The molecule has 2 aromatic carbocycles. The third kappa shape index (κ3) is 5.24. The molecule has 0 fully saturated rings. The quantitative estimate of drug-likeness (QED) is 0.406. The minimum atomic E-state index is 0.0436. The Hall–Kier alpha value is -3.32. The van der Waals surface area contributed by atoms with Crippen LogP contribution in [0.2, 0.25) is 5.02 Å². The molecule has 0 saturated carbocycles. The van der Waals surface area contributed by atoms with Gasteiger partial charge in [0.1, 0.15) is 0 Å². The van der Waals surface area contributed by atoms with E-state index in [1.54, 1.807) is 4.68 Å². The molecule has 0 spiro atoms. The predicted octanol–water partition coefficient (Wildman–Crippen LogP) is 3.71. The van der Waals surface area contributed by atoms with E-state index in [1.165, 1.54) is 0 Å². The van der Waals surface area contributed by atoms with E-state index in [0.717, 1.165) is 29.0 Å². The van der Waals surface area contributed by atoms with Crippen LogP contribution >= 0.6 is 11.6 Å². The summed E-state index contributed by atoms with van der Waals surface area (Å²) in [5.41, 5.74) is 3.98. The molecule has 2 heterocycles. The van der Waals surface area contributed by atoms with Crippen LogP contribution in [0, 0.1) is 0 Å². The average molecular weight is 437 g/mol. The van der Waals surface area contributed by atoms with E-state index in [-0.39, 0.29) is 11.8 Å². The number of nitrogens with one attached hydrogen (secondary N) is 3. The van der Waals surface area contributed by atoms with Crippen LogP contribution in [0.1, 0.15) is 30.4 Å². The molecule has 0 aliphatic carbocycles. The van der Waals surface area contributed by atoms with E-state index in [1.807, 2.05) is 61.8 Å². The zero-order valence-electron chi connectivity index (χ0n) is 17.3. The van der Waals surface area contributed by atoms with Crippen molar-refractivity contribution in [3.05, 3.63) is 77.1 Å². The number of aliphatic imine (C=N–C) groups is 1. The number of fused-ring (bicyclic) bond motifs is 1. The molecular weight excluding hydrogens is 412 g/mol. The van der Waals surface area contributed by atoms with Gasteiger partial charge in [-0.1, -0.05) is 29.8 Å². The zero-order valence-corrected chi connectivity index (χ0v) is 18.1. The SMILES string of the molecule is CCNC(=NCc1cnn(-c2ccc(Cl)cc2)c1)NCC1CC(=O)Nc2ccccc21. The number of hydrogen-bond donors (Lipinski definition) is 3. The highest BCUT2D eigenvalue weighted by Gasteiger charge is 2.24. The van der Waals surface area contributed by atoms with E-state index in [0.29, 0.717) is 30.5 Å². The van der Waals surface area contributed by atoms with Crippen LogP contribution in [0.5, 0.6) is 0 Å². The summed E-state index contributed by atoms with van der Waals surface area (Å²) in [6.07, 6.45) is 4.22. The summed E-state index contributed by atoms with van der Waals surface area (Å²) in [4.78, 5) is 16.7. The van der Waals surface area contributed by atoms with Crippen molar-refractivity contribution in [1.29, 1.82) is 0 Å². The first-order valence-corrected chi connectivity index (χ1v) is 10.7. The normalized spacial score (nSPS) is 15.9. The third-order valence-electron chi connectivity index (χ3n) is 5.11. The number of anilines is 1. The van der Waals surface area contributed by atoms with Crippen LogP contribution in [0.15, 0.2) is 65.9 Å². The second kappa shape index (κ2) is 9.66. The zero-order chi connectivity index (χ0) is 21.6. The smallest absolute Gasteiger partial charge is 0.225 e. The van der Waals surface area contributed by atoms with Crippen molar-refractivity contribution < 1.29 is 4.79 Å².